The smallest absolute Gasteiger partial charge is 0.335 e. The van der Waals surface area contributed by atoms with Crippen LogP contribution < -0.4 is 15.2 Å². The molecule has 0 aliphatic rings. The molecule has 1 rings (SSSR count). The van der Waals surface area contributed by atoms with Crippen molar-refractivity contribution in [3.05, 3.63) is 17.7 Å². The molecular formula is C9H11NO4. The fraction of sp³-hybridized carbons (Fsp3) is 0.222. The highest BCUT2D eigenvalue weighted by Gasteiger charge is 2.13. The average Bonchev–Trinajstić information content (AvgIpc) is 2.16. The third-order valence-corrected chi connectivity index (χ3v) is 1.75. The predicted molar refractivity (Wildman–Crippen MR) is 50.9 cm³/mol. The summed E-state index contributed by atoms with van der Waals surface area (Å²) >= 11 is 0. The van der Waals surface area contributed by atoms with Crippen molar-refractivity contribution in [3.63, 3.8) is 0 Å². The van der Waals surface area contributed by atoms with Gasteiger partial charge in [0.25, 0.3) is 0 Å². The molecule has 76 valence electrons. The van der Waals surface area contributed by atoms with Crippen molar-refractivity contribution < 1.29 is 19.4 Å². The molecule has 0 spiro atoms. The SMILES string of the molecule is COc1cc(C(=O)O)cc(N)c1OC. The van der Waals surface area contributed by atoms with Gasteiger partial charge >= 0.3 is 5.97 Å². The Bertz CT molecular complexity index is 362. The van der Waals surface area contributed by atoms with Crippen molar-refractivity contribution in [3.8, 4) is 11.5 Å². The molecule has 1 aromatic rings. The van der Waals surface area contributed by atoms with E-state index in [1.165, 1.54) is 26.4 Å². The van der Waals surface area contributed by atoms with Crippen molar-refractivity contribution in [1.29, 1.82) is 0 Å². The van der Waals surface area contributed by atoms with Crippen LogP contribution in [-0.2, 0) is 0 Å². The van der Waals surface area contributed by atoms with Gasteiger partial charge in [-0.15, -0.1) is 0 Å². The van der Waals surface area contributed by atoms with Crippen LogP contribution in [-0.4, -0.2) is 25.3 Å². The number of methoxy groups -OCH3 is 2. The van der Waals surface area contributed by atoms with Gasteiger partial charge in [0, 0.05) is 0 Å². The molecule has 0 saturated heterocycles. The van der Waals surface area contributed by atoms with Crippen LogP contribution in [0.25, 0.3) is 0 Å². The molecule has 3 N–H and O–H groups in total. The van der Waals surface area contributed by atoms with E-state index < -0.39 is 5.97 Å². The van der Waals surface area contributed by atoms with Crippen molar-refractivity contribution >= 4 is 11.7 Å². The summed E-state index contributed by atoms with van der Waals surface area (Å²) in [5.41, 5.74) is 5.89. The maximum atomic E-state index is 10.7. The number of benzene rings is 1. The number of carboxylic acid groups (broad SMARTS) is 1. The van der Waals surface area contributed by atoms with Crippen LogP contribution in [0.15, 0.2) is 12.1 Å². The molecule has 1 aromatic carbocycles. The highest BCUT2D eigenvalue weighted by molar-refractivity contribution is 5.90. The number of hydrogen-bond donors (Lipinski definition) is 2. The number of anilines is 1. The summed E-state index contributed by atoms with van der Waals surface area (Å²) in [6.45, 7) is 0. The summed E-state index contributed by atoms with van der Waals surface area (Å²) < 4.78 is 9.90. The number of aromatic carboxylic acids is 1. The lowest BCUT2D eigenvalue weighted by atomic mass is 10.1. The van der Waals surface area contributed by atoms with Crippen LogP contribution in [0.4, 0.5) is 5.69 Å². The fourth-order valence-electron chi connectivity index (χ4n) is 1.12. The summed E-state index contributed by atoms with van der Waals surface area (Å²) in [6.07, 6.45) is 0. The van der Waals surface area contributed by atoms with E-state index in [4.69, 9.17) is 20.3 Å². The Hall–Kier alpha value is -1.91. The molecule has 0 amide bonds. The van der Waals surface area contributed by atoms with E-state index >= 15 is 0 Å². The van der Waals surface area contributed by atoms with E-state index in [2.05, 4.69) is 0 Å². The summed E-state index contributed by atoms with van der Waals surface area (Å²) in [6, 6.07) is 2.68. The minimum Gasteiger partial charge on any atom is -0.493 e. The van der Waals surface area contributed by atoms with Gasteiger partial charge in [0.1, 0.15) is 0 Å². The van der Waals surface area contributed by atoms with E-state index in [-0.39, 0.29) is 11.3 Å². The van der Waals surface area contributed by atoms with Gasteiger partial charge in [-0.1, -0.05) is 0 Å². The second-order valence-electron chi connectivity index (χ2n) is 2.61. The van der Waals surface area contributed by atoms with Gasteiger partial charge < -0.3 is 20.3 Å². The normalized spacial score (nSPS) is 9.57. The molecular weight excluding hydrogens is 186 g/mol. The Morgan fingerprint density at radius 3 is 2.43 bits per heavy atom. The third kappa shape index (κ3) is 1.71. The maximum absolute atomic E-state index is 10.7. The van der Waals surface area contributed by atoms with E-state index in [0.29, 0.717) is 11.5 Å². The Labute approximate surface area is 81.0 Å². The topological polar surface area (TPSA) is 81.8 Å². The molecule has 0 saturated carbocycles. The molecule has 0 heterocycles. The minimum absolute atomic E-state index is 0.0696. The monoisotopic (exact) mass is 197 g/mol. The summed E-state index contributed by atoms with van der Waals surface area (Å²) in [5.74, 6) is -0.403. The largest absolute Gasteiger partial charge is 0.493 e. The number of nitrogen functional groups attached to an aromatic ring is 1. The Morgan fingerprint density at radius 1 is 1.36 bits per heavy atom. The molecule has 14 heavy (non-hydrogen) atoms. The van der Waals surface area contributed by atoms with Crippen molar-refractivity contribution in [2.45, 2.75) is 0 Å². The van der Waals surface area contributed by atoms with Gasteiger partial charge in [-0.2, -0.15) is 0 Å². The van der Waals surface area contributed by atoms with E-state index in [1.807, 2.05) is 0 Å². The Kier molecular flexibility index (Phi) is 2.81. The van der Waals surface area contributed by atoms with Crippen LogP contribution >= 0.6 is 0 Å². The lowest BCUT2D eigenvalue weighted by Crippen LogP contribution is -2.02. The minimum atomic E-state index is -1.06. The summed E-state index contributed by atoms with van der Waals surface area (Å²) in [7, 11) is 2.86. The first-order valence-electron chi connectivity index (χ1n) is 3.85. The molecule has 0 aliphatic heterocycles. The van der Waals surface area contributed by atoms with Crippen LogP contribution in [0.5, 0.6) is 11.5 Å². The highest BCUT2D eigenvalue weighted by atomic mass is 16.5. The van der Waals surface area contributed by atoms with Crippen LogP contribution in [0, 0.1) is 0 Å². The number of ether oxygens (including phenoxy) is 2. The first-order valence-corrected chi connectivity index (χ1v) is 3.85. The standard InChI is InChI=1S/C9H11NO4/c1-13-7-4-5(9(11)12)3-6(10)8(7)14-2/h3-4H,10H2,1-2H3,(H,11,12). The van der Waals surface area contributed by atoms with Gasteiger partial charge in [0.2, 0.25) is 0 Å². The third-order valence-electron chi connectivity index (χ3n) is 1.75. The van der Waals surface area contributed by atoms with Crippen LogP contribution in [0.1, 0.15) is 10.4 Å². The zero-order valence-corrected chi connectivity index (χ0v) is 7.90. The van der Waals surface area contributed by atoms with Crippen molar-refractivity contribution in [2.75, 3.05) is 20.0 Å². The van der Waals surface area contributed by atoms with E-state index in [0.717, 1.165) is 0 Å². The van der Waals surface area contributed by atoms with Gasteiger partial charge in [-0.3, -0.25) is 0 Å². The number of nitrogens with two attached hydrogens (primary N) is 1. The van der Waals surface area contributed by atoms with Crippen molar-refractivity contribution in [2.24, 2.45) is 0 Å². The molecule has 0 unspecified atom stereocenters. The number of carboxylic acids is 1. The average molecular weight is 197 g/mol. The summed E-state index contributed by atoms with van der Waals surface area (Å²) in [4.78, 5) is 10.7. The molecule has 0 aliphatic carbocycles. The molecule has 0 radical (unpaired) electrons. The number of rotatable bonds is 3. The van der Waals surface area contributed by atoms with Crippen molar-refractivity contribution in [1.82, 2.24) is 0 Å². The van der Waals surface area contributed by atoms with Gasteiger partial charge in [-0.25, -0.2) is 4.79 Å². The second kappa shape index (κ2) is 3.87. The molecule has 0 aromatic heterocycles. The number of hydrogen-bond acceptors (Lipinski definition) is 4. The van der Waals surface area contributed by atoms with Gasteiger partial charge in [-0.05, 0) is 12.1 Å². The lowest BCUT2D eigenvalue weighted by molar-refractivity contribution is 0.0696. The zero-order chi connectivity index (χ0) is 10.7. The van der Waals surface area contributed by atoms with E-state index in [1.54, 1.807) is 0 Å². The molecule has 0 bridgehead atoms. The molecule has 5 nitrogen and oxygen atoms in total. The first kappa shape index (κ1) is 10.2. The maximum Gasteiger partial charge on any atom is 0.335 e. The Balaban J connectivity index is 3.31. The molecule has 5 heteroatoms. The second-order valence-corrected chi connectivity index (χ2v) is 2.61. The van der Waals surface area contributed by atoms with Crippen LogP contribution in [0.3, 0.4) is 0 Å². The van der Waals surface area contributed by atoms with Gasteiger partial charge in [0.15, 0.2) is 11.5 Å². The zero-order valence-electron chi connectivity index (χ0n) is 7.90. The quantitative estimate of drug-likeness (QED) is 0.706. The van der Waals surface area contributed by atoms with Gasteiger partial charge in [0.05, 0.1) is 25.5 Å². The Morgan fingerprint density at radius 2 is 2.00 bits per heavy atom. The fourth-order valence-corrected chi connectivity index (χ4v) is 1.12. The first-order chi connectivity index (χ1) is 6.60. The summed E-state index contributed by atoms with van der Waals surface area (Å²) in [5, 5.41) is 8.74. The predicted octanol–water partition coefficient (Wildman–Crippen LogP) is 0.984. The van der Waals surface area contributed by atoms with Crippen LogP contribution in [0.2, 0.25) is 0 Å². The van der Waals surface area contributed by atoms with E-state index in [9.17, 15) is 4.79 Å². The lowest BCUT2D eigenvalue weighted by Gasteiger charge is -2.10. The molecule has 0 atom stereocenters. The molecule has 0 fully saturated rings. The number of carbonyl (C=O) groups is 1. The highest BCUT2D eigenvalue weighted by Crippen LogP contribution is 2.34.